The van der Waals surface area contributed by atoms with Gasteiger partial charge in [0.2, 0.25) is 0 Å². The molecule has 3 heterocycles. The van der Waals surface area contributed by atoms with E-state index in [1.807, 2.05) is 36.9 Å². The highest BCUT2D eigenvalue weighted by Gasteiger charge is 2.17. The van der Waals surface area contributed by atoms with Gasteiger partial charge in [-0.15, -0.1) is 0 Å². The Kier molecular flexibility index (Phi) is 5.90. The van der Waals surface area contributed by atoms with Crippen LogP contribution in [-0.4, -0.2) is 63.5 Å². The van der Waals surface area contributed by atoms with Gasteiger partial charge in [0.15, 0.2) is 11.5 Å². The second-order valence-electron chi connectivity index (χ2n) is 7.42. The zero-order valence-electron chi connectivity index (χ0n) is 18.0. The summed E-state index contributed by atoms with van der Waals surface area (Å²) in [5.41, 5.74) is 8.93. The van der Waals surface area contributed by atoms with Crippen LogP contribution in [0, 0.1) is 6.92 Å². The van der Waals surface area contributed by atoms with Gasteiger partial charge >= 0.3 is 0 Å². The molecule has 3 N–H and O–H groups in total. The Morgan fingerprint density at radius 3 is 2.87 bits per heavy atom. The molecule has 1 saturated heterocycles. The zero-order chi connectivity index (χ0) is 22.0. The third-order valence-corrected chi connectivity index (χ3v) is 5.12. The molecule has 0 bridgehead atoms. The highest BCUT2D eigenvalue weighted by atomic mass is 16.5. The number of aromatic nitrogens is 4. The van der Waals surface area contributed by atoms with E-state index in [1.54, 1.807) is 11.7 Å². The molecule has 0 unspecified atom stereocenters. The summed E-state index contributed by atoms with van der Waals surface area (Å²) < 4.78 is 12.8. The van der Waals surface area contributed by atoms with Gasteiger partial charge in [0.25, 0.3) is 5.56 Å². The number of morpholine rings is 1. The molecule has 4 rings (SSSR count). The van der Waals surface area contributed by atoms with Gasteiger partial charge in [0.1, 0.15) is 17.1 Å². The van der Waals surface area contributed by atoms with Crippen LogP contribution in [0.5, 0.6) is 5.75 Å². The van der Waals surface area contributed by atoms with Crippen molar-refractivity contribution in [2.75, 3.05) is 32.9 Å². The Balaban J connectivity index is 1.79. The monoisotopic (exact) mass is 425 g/mol. The highest BCUT2D eigenvalue weighted by molar-refractivity contribution is 5.83. The fourth-order valence-electron chi connectivity index (χ4n) is 3.58. The number of guanidine groups is 1. The van der Waals surface area contributed by atoms with E-state index in [9.17, 15) is 4.79 Å². The van der Waals surface area contributed by atoms with Gasteiger partial charge < -0.3 is 25.1 Å². The van der Waals surface area contributed by atoms with Crippen molar-refractivity contribution in [3.8, 4) is 17.1 Å². The molecule has 1 aromatic carbocycles. The third kappa shape index (κ3) is 4.24. The van der Waals surface area contributed by atoms with Crippen LogP contribution in [0.1, 0.15) is 19.0 Å². The maximum atomic E-state index is 12.7. The Hall–Kier alpha value is -3.40. The van der Waals surface area contributed by atoms with Crippen LogP contribution in [-0.2, 0) is 11.8 Å². The van der Waals surface area contributed by atoms with Gasteiger partial charge in [-0.2, -0.15) is 5.10 Å². The molecular weight excluding hydrogens is 398 g/mol. The minimum atomic E-state index is -0.258. The average Bonchev–Trinajstić information content (AvgIpc) is 3.07. The number of rotatable bonds is 5. The molecule has 1 fully saturated rings. The van der Waals surface area contributed by atoms with Gasteiger partial charge in [-0.3, -0.25) is 9.48 Å². The summed E-state index contributed by atoms with van der Waals surface area (Å²) in [7, 11) is 1.73. The number of aromatic amines is 1. The van der Waals surface area contributed by atoms with E-state index in [1.165, 1.54) is 0 Å². The Bertz CT molecular complexity index is 1180. The van der Waals surface area contributed by atoms with E-state index >= 15 is 0 Å². The van der Waals surface area contributed by atoms with Crippen molar-refractivity contribution in [1.29, 1.82) is 0 Å². The van der Waals surface area contributed by atoms with Crippen LogP contribution in [0.25, 0.3) is 22.4 Å². The lowest BCUT2D eigenvalue weighted by molar-refractivity contribution is 0.0675. The van der Waals surface area contributed by atoms with E-state index in [2.05, 4.69) is 20.1 Å². The van der Waals surface area contributed by atoms with Crippen molar-refractivity contribution < 1.29 is 9.47 Å². The second-order valence-corrected chi connectivity index (χ2v) is 7.42. The van der Waals surface area contributed by atoms with E-state index in [0.717, 1.165) is 6.42 Å². The normalized spacial score (nSPS) is 14.9. The largest absolute Gasteiger partial charge is 0.493 e. The number of benzene rings is 1. The maximum absolute atomic E-state index is 12.7. The van der Waals surface area contributed by atoms with Crippen LogP contribution in [0.2, 0.25) is 0 Å². The van der Waals surface area contributed by atoms with Crippen LogP contribution < -0.4 is 16.0 Å². The van der Waals surface area contributed by atoms with Crippen molar-refractivity contribution >= 4 is 22.7 Å². The quantitative estimate of drug-likeness (QED) is 0.471. The summed E-state index contributed by atoms with van der Waals surface area (Å²) in [5.74, 6) is 1.45. The topological polar surface area (TPSA) is 124 Å². The highest BCUT2D eigenvalue weighted by Crippen LogP contribution is 2.32. The third-order valence-electron chi connectivity index (χ3n) is 5.12. The first-order chi connectivity index (χ1) is 15.0. The first kappa shape index (κ1) is 20.9. The molecule has 0 radical (unpaired) electrons. The molecule has 2 aromatic heterocycles. The number of H-pyrrole nitrogens is 1. The van der Waals surface area contributed by atoms with Crippen molar-refractivity contribution in [2.45, 2.75) is 20.3 Å². The molecule has 1 aliphatic heterocycles. The molecule has 0 saturated carbocycles. The Morgan fingerprint density at radius 2 is 2.13 bits per heavy atom. The lowest BCUT2D eigenvalue weighted by Crippen LogP contribution is -2.44. The van der Waals surface area contributed by atoms with E-state index in [0.29, 0.717) is 78.4 Å². The summed E-state index contributed by atoms with van der Waals surface area (Å²) in [5, 5.41) is 4.32. The number of ether oxygens (including phenoxy) is 2. The number of nitrogens with one attached hydrogen (secondary N) is 1. The van der Waals surface area contributed by atoms with Gasteiger partial charge in [0.05, 0.1) is 36.8 Å². The van der Waals surface area contributed by atoms with Gasteiger partial charge in [-0.1, -0.05) is 6.92 Å². The maximum Gasteiger partial charge on any atom is 0.277 e. The molecule has 0 spiro atoms. The number of hydrogen-bond donors (Lipinski definition) is 2. The molecule has 3 aromatic rings. The van der Waals surface area contributed by atoms with Gasteiger partial charge in [-0.25, -0.2) is 9.98 Å². The first-order valence-electron chi connectivity index (χ1n) is 10.4. The lowest BCUT2D eigenvalue weighted by Gasteiger charge is -2.27. The number of fused-ring (bicyclic) bond motifs is 1. The Labute approximate surface area is 179 Å². The van der Waals surface area contributed by atoms with E-state index in [-0.39, 0.29) is 5.56 Å². The predicted octanol–water partition coefficient (Wildman–Crippen LogP) is 1.70. The summed E-state index contributed by atoms with van der Waals surface area (Å²) in [6.45, 7) is 7.06. The molecule has 0 atom stereocenters. The van der Waals surface area contributed by atoms with Gasteiger partial charge in [0, 0.05) is 20.1 Å². The second kappa shape index (κ2) is 8.76. The van der Waals surface area contributed by atoms with E-state index < -0.39 is 0 Å². The molecule has 31 heavy (non-hydrogen) atoms. The number of hydrogen-bond acceptors (Lipinski definition) is 6. The standard InChI is InChI=1S/C21H27N7O3/c1-4-9-31-16-6-5-14(23-21(22)28-7-10-30-11-8-28)12-15(16)19-24-17-13(2)26-27(3)18(17)20(29)25-19/h5-6,12H,4,7-11H2,1-3H3,(H2,22,23)(H,24,25,29). The zero-order valence-corrected chi connectivity index (χ0v) is 18.0. The smallest absolute Gasteiger partial charge is 0.277 e. The van der Waals surface area contributed by atoms with Crippen molar-refractivity contribution in [2.24, 2.45) is 17.8 Å². The fraction of sp³-hybridized carbons (Fsp3) is 0.429. The number of nitrogens with zero attached hydrogens (tertiary/aromatic N) is 5. The summed E-state index contributed by atoms with van der Waals surface area (Å²) in [6, 6.07) is 5.50. The van der Waals surface area contributed by atoms with Gasteiger partial charge in [-0.05, 0) is 31.5 Å². The minimum Gasteiger partial charge on any atom is -0.493 e. The molecule has 10 heteroatoms. The first-order valence-corrected chi connectivity index (χ1v) is 10.4. The van der Waals surface area contributed by atoms with E-state index in [4.69, 9.17) is 15.2 Å². The Morgan fingerprint density at radius 1 is 1.35 bits per heavy atom. The summed E-state index contributed by atoms with van der Waals surface area (Å²) in [6.07, 6.45) is 0.855. The van der Waals surface area contributed by atoms with Crippen LogP contribution in [0.15, 0.2) is 28.0 Å². The SMILES string of the molecule is CCCOc1ccc(N=C(N)N2CCOCC2)cc1-c1nc2c(C)nn(C)c2c(=O)[nH]1. The molecular formula is C21H27N7O3. The lowest BCUT2D eigenvalue weighted by atomic mass is 10.1. The predicted molar refractivity (Wildman–Crippen MR) is 119 cm³/mol. The van der Waals surface area contributed by atoms with Crippen LogP contribution in [0.4, 0.5) is 5.69 Å². The summed E-state index contributed by atoms with van der Waals surface area (Å²) in [4.78, 5) is 26.8. The molecule has 164 valence electrons. The molecule has 10 nitrogen and oxygen atoms in total. The van der Waals surface area contributed by atoms with Crippen molar-refractivity contribution in [1.82, 2.24) is 24.6 Å². The summed E-state index contributed by atoms with van der Waals surface area (Å²) >= 11 is 0. The molecule has 1 aliphatic rings. The molecule has 0 amide bonds. The number of nitrogens with two attached hydrogens (primary N) is 1. The van der Waals surface area contributed by atoms with Crippen LogP contribution >= 0.6 is 0 Å². The number of aryl methyl sites for hydroxylation is 2. The fourth-order valence-corrected chi connectivity index (χ4v) is 3.58. The number of aliphatic imine (C=N–C) groups is 1. The molecule has 0 aliphatic carbocycles. The minimum absolute atomic E-state index is 0.258. The average molecular weight is 425 g/mol. The van der Waals surface area contributed by atoms with Crippen molar-refractivity contribution in [3.63, 3.8) is 0 Å². The van der Waals surface area contributed by atoms with Crippen molar-refractivity contribution in [3.05, 3.63) is 34.2 Å². The van der Waals surface area contributed by atoms with Crippen LogP contribution in [0.3, 0.4) is 0 Å².